The van der Waals surface area contributed by atoms with E-state index in [0.29, 0.717) is 24.1 Å². The Hall–Kier alpha value is -1.30. The lowest BCUT2D eigenvalue weighted by molar-refractivity contribution is -0.188. The van der Waals surface area contributed by atoms with Crippen LogP contribution in [0.3, 0.4) is 0 Å². The average molecular weight is 379 g/mol. The zero-order chi connectivity index (χ0) is 19.6. The number of fused-ring (bicyclic) bond motifs is 1. The Balaban J connectivity index is 1.61. The minimum atomic E-state index is 0.122. The second-order valence-electron chi connectivity index (χ2n) is 9.30. The van der Waals surface area contributed by atoms with Crippen LogP contribution in [0.25, 0.3) is 0 Å². The number of hydrogen-bond acceptors (Lipinski definition) is 3. The van der Waals surface area contributed by atoms with Crippen LogP contribution in [0.5, 0.6) is 0 Å². The van der Waals surface area contributed by atoms with Gasteiger partial charge in [0.2, 0.25) is 5.91 Å². The molecule has 0 aromatic heterocycles. The van der Waals surface area contributed by atoms with Crippen LogP contribution >= 0.6 is 0 Å². The summed E-state index contributed by atoms with van der Waals surface area (Å²) in [6.45, 7) is 8.32. The van der Waals surface area contributed by atoms with E-state index in [1.807, 2.05) is 14.1 Å². The molecule has 5 atom stereocenters. The molecular formula is C21H38N4O2. The van der Waals surface area contributed by atoms with Crippen molar-refractivity contribution in [1.82, 2.24) is 15.5 Å². The molecule has 3 fully saturated rings. The molecular weight excluding hydrogens is 340 g/mol. The molecule has 3 rings (SSSR count). The van der Waals surface area contributed by atoms with Crippen LogP contribution in [0.15, 0.2) is 4.99 Å². The van der Waals surface area contributed by atoms with Crippen LogP contribution < -0.4 is 10.6 Å². The summed E-state index contributed by atoms with van der Waals surface area (Å²) < 4.78 is 6.03. The number of hydrogen-bond donors (Lipinski definition) is 2. The first-order chi connectivity index (χ1) is 12.8. The monoisotopic (exact) mass is 378 g/mol. The third-order valence-electron chi connectivity index (χ3n) is 6.74. The molecule has 1 saturated heterocycles. The minimum Gasteiger partial charge on any atom is -0.377 e. The fraction of sp³-hybridized carbons (Fsp3) is 0.905. The molecule has 27 heavy (non-hydrogen) atoms. The first-order valence-electron chi connectivity index (χ1n) is 10.7. The predicted molar refractivity (Wildman–Crippen MR) is 109 cm³/mol. The van der Waals surface area contributed by atoms with Crippen LogP contribution in [-0.4, -0.2) is 62.2 Å². The smallest absolute Gasteiger partial charge is 0.225 e. The van der Waals surface area contributed by atoms with Gasteiger partial charge in [0.1, 0.15) is 0 Å². The summed E-state index contributed by atoms with van der Waals surface area (Å²) >= 11 is 0. The molecule has 3 aliphatic rings. The van der Waals surface area contributed by atoms with Crippen LogP contribution in [0.2, 0.25) is 0 Å². The molecule has 5 unspecified atom stereocenters. The van der Waals surface area contributed by atoms with Gasteiger partial charge in [0, 0.05) is 56.6 Å². The lowest BCUT2D eigenvalue weighted by atomic mass is 9.55. The largest absolute Gasteiger partial charge is 0.377 e. The van der Waals surface area contributed by atoms with Crippen molar-refractivity contribution >= 4 is 11.9 Å². The van der Waals surface area contributed by atoms with Crippen molar-refractivity contribution in [2.75, 3.05) is 27.2 Å². The van der Waals surface area contributed by atoms with Crippen molar-refractivity contribution < 1.29 is 9.53 Å². The topological polar surface area (TPSA) is 66.0 Å². The van der Waals surface area contributed by atoms with Gasteiger partial charge in [-0.3, -0.25) is 9.79 Å². The van der Waals surface area contributed by atoms with E-state index in [0.717, 1.165) is 51.2 Å². The highest BCUT2D eigenvalue weighted by Crippen LogP contribution is 2.51. The van der Waals surface area contributed by atoms with E-state index < -0.39 is 0 Å². The van der Waals surface area contributed by atoms with Crippen LogP contribution in [0.1, 0.15) is 59.3 Å². The van der Waals surface area contributed by atoms with E-state index in [1.165, 1.54) is 6.42 Å². The van der Waals surface area contributed by atoms with Gasteiger partial charge in [0.15, 0.2) is 5.96 Å². The Labute approximate surface area is 164 Å². The highest BCUT2D eigenvalue weighted by molar-refractivity contribution is 5.81. The molecule has 0 radical (unpaired) electrons. The predicted octanol–water partition coefficient (Wildman–Crippen LogP) is 2.39. The zero-order valence-corrected chi connectivity index (χ0v) is 17.8. The Kier molecular flexibility index (Phi) is 6.34. The number of guanidine groups is 1. The number of rotatable bonds is 4. The van der Waals surface area contributed by atoms with Gasteiger partial charge in [-0.1, -0.05) is 20.3 Å². The summed E-state index contributed by atoms with van der Waals surface area (Å²) in [6, 6.07) is 0.704. The Bertz CT molecular complexity index is 560. The fourth-order valence-electron chi connectivity index (χ4n) is 5.36. The quantitative estimate of drug-likeness (QED) is 0.582. The number of carbonyl (C=O) groups excluding carboxylic acids is 1. The van der Waals surface area contributed by atoms with Gasteiger partial charge in [0.25, 0.3) is 0 Å². The van der Waals surface area contributed by atoms with Crippen molar-refractivity contribution in [1.29, 1.82) is 0 Å². The molecule has 6 nitrogen and oxygen atoms in total. The van der Waals surface area contributed by atoms with Crippen molar-refractivity contribution in [3.8, 4) is 0 Å². The molecule has 0 aromatic rings. The molecule has 2 saturated carbocycles. The maximum Gasteiger partial charge on any atom is 0.225 e. The minimum absolute atomic E-state index is 0.122. The molecule has 6 heteroatoms. The van der Waals surface area contributed by atoms with Gasteiger partial charge < -0.3 is 20.3 Å². The van der Waals surface area contributed by atoms with Gasteiger partial charge in [-0.15, -0.1) is 0 Å². The maximum atomic E-state index is 12.4. The lowest BCUT2D eigenvalue weighted by Gasteiger charge is -2.60. The first kappa shape index (κ1) is 20.4. The molecule has 2 N–H and O–H groups in total. The number of ether oxygens (including phenoxy) is 1. The third-order valence-corrected chi connectivity index (χ3v) is 6.74. The third kappa shape index (κ3) is 4.25. The standard InChI is InChI=1S/C21H38N4O2/c1-6-22-20(23-15-10-7-9-14(13-15)19(26)25(4)5)24-17-16-11-8-12-27-18(16)21(17,2)3/h14-18H,6-13H2,1-5H3,(H2,22,23,24). The summed E-state index contributed by atoms with van der Waals surface area (Å²) in [7, 11) is 3.71. The maximum absolute atomic E-state index is 12.4. The summed E-state index contributed by atoms with van der Waals surface area (Å²) in [6.07, 6.45) is 6.83. The fourth-order valence-corrected chi connectivity index (χ4v) is 5.36. The van der Waals surface area contributed by atoms with Gasteiger partial charge in [-0.05, 0) is 39.0 Å². The summed E-state index contributed by atoms with van der Waals surface area (Å²) in [5, 5.41) is 7.36. The SMILES string of the molecule is CCN=C(NC1CCCC(C(=O)N(C)C)C1)NC1C2CCCOC2C1(C)C. The average Bonchev–Trinajstić information content (AvgIpc) is 2.65. The van der Waals surface area contributed by atoms with Crippen molar-refractivity contribution in [3.05, 3.63) is 0 Å². The van der Waals surface area contributed by atoms with Crippen LogP contribution in [0, 0.1) is 17.3 Å². The molecule has 154 valence electrons. The van der Waals surface area contributed by atoms with Crippen molar-refractivity contribution in [2.24, 2.45) is 22.2 Å². The number of nitrogens with zero attached hydrogens (tertiary/aromatic N) is 2. The Morgan fingerprint density at radius 1 is 1.19 bits per heavy atom. The molecule has 1 aliphatic heterocycles. The zero-order valence-electron chi connectivity index (χ0n) is 17.8. The molecule has 0 bridgehead atoms. The van der Waals surface area contributed by atoms with E-state index in [9.17, 15) is 4.79 Å². The molecule has 0 spiro atoms. The normalized spacial score (nSPS) is 35.6. The molecule has 1 heterocycles. The van der Waals surface area contributed by atoms with Crippen molar-refractivity contribution in [3.63, 3.8) is 0 Å². The van der Waals surface area contributed by atoms with E-state index in [-0.39, 0.29) is 17.2 Å². The molecule has 0 aromatic carbocycles. The van der Waals surface area contributed by atoms with E-state index in [4.69, 9.17) is 9.73 Å². The Morgan fingerprint density at radius 2 is 1.96 bits per heavy atom. The van der Waals surface area contributed by atoms with Crippen molar-refractivity contribution in [2.45, 2.75) is 77.5 Å². The number of aliphatic imine (C=N–C) groups is 1. The summed E-state index contributed by atoms with van der Waals surface area (Å²) in [5.74, 6) is 1.87. The second kappa shape index (κ2) is 8.38. The Morgan fingerprint density at radius 3 is 2.67 bits per heavy atom. The summed E-state index contributed by atoms with van der Waals surface area (Å²) in [5.41, 5.74) is 0.122. The van der Waals surface area contributed by atoms with Crippen LogP contribution in [0.4, 0.5) is 0 Å². The van der Waals surface area contributed by atoms with Gasteiger partial charge >= 0.3 is 0 Å². The van der Waals surface area contributed by atoms with Gasteiger partial charge in [0.05, 0.1) is 6.10 Å². The van der Waals surface area contributed by atoms with Gasteiger partial charge in [-0.25, -0.2) is 0 Å². The number of nitrogens with one attached hydrogen (secondary N) is 2. The number of amides is 1. The highest BCUT2D eigenvalue weighted by Gasteiger charge is 2.58. The first-order valence-corrected chi connectivity index (χ1v) is 10.7. The summed E-state index contributed by atoms with van der Waals surface area (Å²) in [4.78, 5) is 18.8. The van der Waals surface area contributed by atoms with E-state index in [2.05, 4.69) is 31.4 Å². The lowest BCUT2D eigenvalue weighted by Crippen LogP contribution is -2.71. The molecule has 1 amide bonds. The second-order valence-corrected chi connectivity index (χ2v) is 9.30. The van der Waals surface area contributed by atoms with E-state index >= 15 is 0 Å². The van der Waals surface area contributed by atoms with Crippen LogP contribution in [-0.2, 0) is 9.53 Å². The molecule has 2 aliphatic carbocycles. The van der Waals surface area contributed by atoms with Gasteiger partial charge in [-0.2, -0.15) is 0 Å². The van der Waals surface area contributed by atoms with E-state index in [1.54, 1.807) is 4.90 Å². The highest BCUT2D eigenvalue weighted by atomic mass is 16.5. The number of carbonyl (C=O) groups is 1.